The predicted molar refractivity (Wildman–Crippen MR) is 97.1 cm³/mol. The van der Waals surface area contributed by atoms with Gasteiger partial charge in [0.05, 0.1) is 0 Å². The molecule has 2 fully saturated rings. The normalized spacial score (nSPS) is 18.9. The number of fused-ring (bicyclic) bond motifs is 1. The molecule has 0 amide bonds. The van der Waals surface area contributed by atoms with Gasteiger partial charge >= 0.3 is 160 Å². The van der Waals surface area contributed by atoms with Crippen molar-refractivity contribution in [2.24, 2.45) is 0 Å². The molecule has 2 nitrogen and oxygen atoms in total. The SMILES string of the molecule is Fc1cc2c(=S)ccn(C3CC3)c2c(Cl)c1N1CCCC[C](=[V])C1. The van der Waals surface area contributed by atoms with Crippen LogP contribution in [-0.4, -0.2) is 21.9 Å². The van der Waals surface area contributed by atoms with Gasteiger partial charge in [0.15, 0.2) is 0 Å². The molecule has 1 aromatic heterocycles. The second-order valence-corrected chi connectivity index (χ2v) is 8.49. The number of anilines is 1. The summed E-state index contributed by atoms with van der Waals surface area (Å²) in [6.45, 7) is 1.58. The predicted octanol–water partition coefficient (Wildman–Crippen LogP) is 5.21. The number of nitrogens with zero attached hydrogens (tertiary/aromatic N) is 2. The van der Waals surface area contributed by atoms with Gasteiger partial charge in [-0.3, -0.25) is 0 Å². The number of pyridine rings is 1. The van der Waals surface area contributed by atoms with E-state index in [2.05, 4.69) is 26.4 Å². The van der Waals surface area contributed by atoms with Gasteiger partial charge in [-0.2, -0.15) is 0 Å². The van der Waals surface area contributed by atoms with Crippen molar-refractivity contribution in [3.05, 3.63) is 33.7 Å². The summed E-state index contributed by atoms with van der Waals surface area (Å²) in [6, 6.07) is 3.92. The van der Waals surface area contributed by atoms with Gasteiger partial charge < -0.3 is 0 Å². The van der Waals surface area contributed by atoms with Gasteiger partial charge in [0.25, 0.3) is 0 Å². The van der Waals surface area contributed by atoms with Gasteiger partial charge in [-0.1, -0.05) is 0 Å². The van der Waals surface area contributed by atoms with Crippen LogP contribution in [0, 0.1) is 10.3 Å². The number of halogens is 2. The van der Waals surface area contributed by atoms with Gasteiger partial charge in [0, 0.05) is 0 Å². The summed E-state index contributed by atoms with van der Waals surface area (Å²) in [5.41, 5.74) is 1.42. The quantitative estimate of drug-likeness (QED) is 0.641. The van der Waals surface area contributed by atoms with Gasteiger partial charge in [-0.05, 0) is 0 Å². The molecule has 2 aromatic rings. The molecule has 1 aliphatic carbocycles. The van der Waals surface area contributed by atoms with E-state index in [9.17, 15) is 4.39 Å². The second-order valence-electron chi connectivity index (χ2n) is 6.68. The Bertz CT molecular complexity index is 891. The maximum atomic E-state index is 15.0. The molecule has 2 heterocycles. The molecule has 0 bridgehead atoms. The Morgan fingerprint density at radius 3 is 2.83 bits per heavy atom. The van der Waals surface area contributed by atoms with E-state index < -0.39 is 0 Å². The van der Waals surface area contributed by atoms with Crippen molar-refractivity contribution in [2.45, 2.75) is 38.1 Å². The fraction of sp³-hybridized carbons (Fsp3) is 0.444. The Morgan fingerprint density at radius 2 is 2.08 bits per heavy atom. The molecule has 0 spiro atoms. The molecule has 125 valence electrons. The van der Waals surface area contributed by atoms with Crippen LogP contribution >= 0.6 is 23.8 Å². The third kappa shape index (κ3) is 2.98. The minimum atomic E-state index is -0.269. The van der Waals surface area contributed by atoms with Crippen LogP contribution in [0.4, 0.5) is 10.1 Å². The summed E-state index contributed by atoms with van der Waals surface area (Å²) in [5.74, 6) is -0.269. The first kappa shape index (κ1) is 16.8. The molecule has 0 atom stereocenters. The molecule has 0 radical (unpaired) electrons. The standard InChI is InChI=1S/C18H18ClFN2S.V/c19-16-17-13(15(23)7-10-22(17)12-5-6-12)11-14(20)18(16)21-8-3-1-2-4-9-21;/h7,10-12H,1-3,5-6,8-9H2;. The van der Waals surface area contributed by atoms with Crippen molar-refractivity contribution in [1.29, 1.82) is 0 Å². The Kier molecular flexibility index (Phi) is 4.59. The molecule has 0 N–H and O–H groups in total. The molecule has 1 aliphatic heterocycles. The Labute approximate surface area is 160 Å². The van der Waals surface area contributed by atoms with Gasteiger partial charge in [-0.25, -0.2) is 0 Å². The van der Waals surface area contributed by atoms with Crippen LogP contribution in [0.1, 0.15) is 38.1 Å². The molecule has 4 rings (SSSR count). The minimum absolute atomic E-state index is 0.269. The van der Waals surface area contributed by atoms with Crippen molar-refractivity contribution >= 4 is 44.6 Å². The summed E-state index contributed by atoms with van der Waals surface area (Å²) in [6.07, 6.45) is 7.58. The number of aromatic nitrogens is 1. The maximum absolute atomic E-state index is 15.0. The van der Waals surface area contributed by atoms with Crippen LogP contribution in [0.15, 0.2) is 18.3 Å². The van der Waals surface area contributed by atoms with Gasteiger partial charge in [0.2, 0.25) is 0 Å². The molecule has 2 aliphatic rings. The van der Waals surface area contributed by atoms with Crippen molar-refractivity contribution in [2.75, 3.05) is 18.0 Å². The second kappa shape index (κ2) is 6.56. The van der Waals surface area contributed by atoms with E-state index in [4.69, 9.17) is 23.8 Å². The fourth-order valence-corrected chi connectivity index (χ4v) is 4.64. The zero-order chi connectivity index (χ0) is 16.8. The van der Waals surface area contributed by atoms with E-state index in [1.807, 2.05) is 12.3 Å². The number of hydrogen-bond acceptors (Lipinski definition) is 2. The van der Waals surface area contributed by atoms with Crippen molar-refractivity contribution in [3.63, 3.8) is 0 Å². The van der Waals surface area contributed by atoms with Crippen molar-refractivity contribution in [1.82, 2.24) is 4.57 Å². The Hall–Kier alpha value is -0.676. The average Bonchev–Trinajstić information content (AvgIpc) is 3.37. The molecule has 0 unspecified atom stereocenters. The topological polar surface area (TPSA) is 8.17 Å². The average molecular weight is 400 g/mol. The zero-order valence-electron chi connectivity index (χ0n) is 13.3. The van der Waals surface area contributed by atoms with E-state index in [0.717, 1.165) is 56.1 Å². The molecular weight excluding hydrogens is 382 g/mol. The van der Waals surface area contributed by atoms with Crippen LogP contribution in [0.5, 0.6) is 0 Å². The van der Waals surface area contributed by atoms with E-state index in [1.165, 1.54) is 4.23 Å². The molecule has 1 saturated carbocycles. The molecule has 1 aromatic carbocycles. The molecule has 6 heteroatoms. The van der Waals surface area contributed by atoms with Crippen LogP contribution < -0.4 is 4.90 Å². The molecule has 1 saturated heterocycles. The summed E-state index contributed by atoms with van der Waals surface area (Å²) in [7, 11) is 0. The van der Waals surface area contributed by atoms with Crippen LogP contribution in [-0.2, 0) is 17.0 Å². The third-order valence-electron chi connectivity index (χ3n) is 4.85. The Balaban J connectivity index is 1.94. The first-order valence-corrected chi connectivity index (χ1v) is 9.86. The van der Waals surface area contributed by atoms with E-state index in [1.54, 1.807) is 6.07 Å². The van der Waals surface area contributed by atoms with Gasteiger partial charge in [-0.15, -0.1) is 0 Å². The summed E-state index contributed by atoms with van der Waals surface area (Å²) >= 11 is 14.8. The first-order chi connectivity index (χ1) is 11.6. The monoisotopic (exact) mass is 399 g/mol. The van der Waals surface area contributed by atoms with Crippen LogP contribution in [0.3, 0.4) is 0 Å². The Morgan fingerprint density at radius 1 is 1.29 bits per heavy atom. The van der Waals surface area contributed by atoms with Crippen molar-refractivity contribution < 1.29 is 21.4 Å². The van der Waals surface area contributed by atoms with E-state index in [-0.39, 0.29) is 5.82 Å². The summed E-state index contributed by atoms with van der Waals surface area (Å²) < 4.78 is 19.1. The number of benzene rings is 1. The van der Waals surface area contributed by atoms with E-state index >= 15 is 0 Å². The molecule has 24 heavy (non-hydrogen) atoms. The summed E-state index contributed by atoms with van der Waals surface area (Å²) in [5, 5.41) is 1.25. The van der Waals surface area contributed by atoms with Crippen LogP contribution in [0.25, 0.3) is 10.9 Å². The molecular formula is C18H18ClFN2SV. The van der Waals surface area contributed by atoms with Crippen LogP contribution in [0.2, 0.25) is 5.02 Å². The van der Waals surface area contributed by atoms with Gasteiger partial charge in [0.1, 0.15) is 0 Å². The first-order valence-electron chi connectivity index (χ1n) is 8.37. The summed E-state index contributed by atoms with van der Waals surface area (Å²) in [4.78, 5) is 2.09. The zero-order valence-corrected chi connectivity index (χ0v) is 16.2. The fourth-order valence-electron chi connectivity index (χ4n) is 3.50. The van der Waals surface area contributed by atoms with E-state index in [0.29, 0.717) is 21.3 Å². The number of hydrogen-bond donors (Lipinski definition) is 0. The van der Waals surface area contributed by atoms with Crippen molar-refractivity contribution in [3.8, 4) is 0 Å². The third-order valence-corrected chi connectivity index (χ3v) is 6.14. The number of rotatable bonds is 2.